The van der Waals surface area contributed by atoms with Crippen molar-refractivity contribution in [3.63, 3.8) is 0 Å². The third-order valence-corrected chi connectivity index (χ3v) is 7.14. The molecule has 1 unspecified atom stereocenters. The van der Waals surface area contributed by atoms with Gasteiger partial charge in [-0.05, 0) is 44.2 Å². The highest BCUT2D eigenvalue weighted by Crippen LogP contribution is 2.30. The lowest BCUT2D eigenvalue weighted by Crippen LogP contribution is -2.29. The maximum Gasteiger partial charge on any atom is 0.338 e. The summed E-state index contributed by atoms with van der Waals surface area (Å²) in [5.41, 5.74) is 5.24. The average molecular weight is 551 g/mol. The zero-order valence-corrected chi connectivity index (χ0v) is 22.0. The number of benzene rings is 3. The van der Waals surface area contributed by atoms with Gasteiger partial charge in [-0.2, -0.15) is 0 Å². The minimum absolute atomic E-state index is 0.308. The smallest absolute Gasteiger partial charge is 0.338 e. The number of ether oxygens (including phenoxy) is 1. The zero-order chi connectivity index (χ0) is 26.1. The molecule has 7 nitrogen and oxygen atoms in total. The van der Waals surface area contributed by atoms with Crippen molar-refractivity contribution >= 4 is 62.6 Å². The normalized spacial score (nSPS) is 11.9. The molecule has 186 valence electrons. The van der Waals surface area contributed by atoms with E-state index in [2.05, 4.69) is 20.3 Å². The maximum atomic E-state index is 12.7. The van der Waals surface area contributed by atoms with Crippen LogP contribution in [0.2, 0.25) is 10.0 Å². The molecule has 0 radical (unpaired) electrons. The fraction of sp³-hybridized carbons (Fsp3) is 0.111. The molecular weight excluding hydrogens is 531 g/mol. The van der Waals surface area contributed by atoms with Crippen LogP contribution in [0.4, 0.5) is 5.13 Å². The number of esters is 1. The van der Waals surface area contributed by atoms with E-state index in [1.54, 1.807) is 41.8 Å². The van der Waals surface area contributed by atoms with Gasteiger partial charge >= 0.3 is 5.97 Å². The summed E-state index contributed by atoms with van der Waals surface area (Å²) >= 11 is 13.3. The monoisotopic (exact) mass is 550 g/mol. The summed E-state index contributed by atoms with van der Waals surface area (Å²) in [7, 11) is 0. The van der Waals surface area contributed by atoms with Gasteiger partial charge in [0, 0.05) is 16.5 Å². The second-order valence-electron chi connectivity index (χ2n) is 8.39. The van der Waals surface area contributed by atoms with E-state index in [0.29, 0.717) is 37.8 Å². The molecule has 0 saturated heterocycles. The Balaban J connectivity index is 1.24. The lowest BCUT2D eigenvalue weighted by molar-refractivity contribution is -0.123. The number of rotatable bonds is 6. The standard InChI is InChI=1S/C27H20Cl2N4O3S/c1-14-3-5-16(6-4-14)24-30-21-10-8-18(12-22(21)31-24)26(35)36-15(2)25(34)33-27-32-23(13-37-27)17-7-9-19(28)20(29)11-17/h3-13,15H,1-2H3,(H,30,31)(H,32,33,34). The molecule has 1 amide bonds. The van der Waals surface area contributed by atoms with Crippen molar-refractivity contribution in [2.24, 2.45) is 0 Å². The molecular formula is C27H20Cl2N4O3S. The first-order chi connectivity index (χ1) is 17.8. The number of amides is 1. The fourth-order valence-corrected chi connectivity index (χ4v) is 4.61. The average Bonchev–Trinajstić information content (AvgIpc) is 3.52. The Labute approximate surface area is 226 Å². The lowest BCUT2D eigenvalue weighted by Gasteiger charge is -2.12. The predicted molar refractivity (Wildman–Crippen MR) is 147 cm³/mol. The van der Waals surface area contributed by atoms with Gasteiger partial charge in [0.25, 0.3) is 5.91 Å². The second-order valence-corrected chi connectivity index (χ2v) is 10.1. The van der Waals surface area contributed by atoms with Gasteiger partial charge in [-0.3, -0.25) is 10.1 Å². The molecule has 0 aliphatic heterocycles. The number of hydrogen-bond donors (Lipinski definition) is 2. The minimum Gasteiger partial charge on any atom is -0.449 e. The van der Waals surface area contributed by atoms with Crippen molar-refractivity contribution in [2.45, 2.75) is 20.0 Å². The molecule has 37 heavy (non-hydrogen) atoms. The number of carbonyl (C=O) groups is 2. The van der Waals surface area contributed by atoms with Gasteiger partial charge in [-0.1, -0.05) is 59.1 Å². The van der Waals surface area contributed by atoms with Gasteiger partial charge in [0.15, 0.2) is 11.2 Å². The maximum absolute atomic E-state index is 12.7. The predicted octanol–water partition coefficient (Wildman–Crippen LogP) is 7.15. The van der Waals surface area contributed by atoms with Gasteiger partial charge in [-0.25, -0.2) is 14.8 Å². The van der Waals surface area contributed by atoms with E-state index in [-0.39, 0.29) is 0 Å². The van der Waals surface area contributed by atoms with E-state index in [4.69, 9.17) is 27.9 Å². The van der Waals surface area contributed by atoms with Crippen LogP contribution in [0.5, 0.6) is 0 Å². The van der Waals surface area contributed by atoms with Gasteiger partial charge in [0.05, 0.1) is 32.3 Å². The Morgan fingerprint density at radius 3 is 2.49 bits per heavy atom. The number of aromatic nitrogens is 3. The first-order valence-corrected chi connectivity index (χ1v) is 12.9. The molecule has 2 heterocycles. The molecule has 10 heteroatoms. The molecule has 1 atom stereocenters. The number of carbonyl (C=O) groups excluding carboxylic acids is 2. The van der Waals surface area contributed by atoms with Crippen LogP contribution in [0.3, 0.4) is 0 Å². The molecule has 3 aromatic carbocycles. The quantitative estimate of drug-likeness (QED) is 0.219. The molecule has 0 spiro atoms. The Morgan fingerprint density at radius 2 is 1.73 bits per heavy atom. The Morgan fingerprint density at radius 1 is 0.973 bits per heavy atom. The van der Waals surface area contributed by atoms with Crippen molar-refractivity contribution in [3.8, 4) is 22.6 Å². The largest absolute Gasteiger partial charge is 0.449 e. The first-order valence-electron chi connectivity index (χ1n) is 11.3. The molecule has 2 aromatic heterocycles. The zero-order valence-electron chi connectivity index (χ0n) is 19.7. The van der Waals surface area contributed by atoms with Crippen molar-refractivity contribution in [2.75, 3.05) is 5.32 Å². The van der Waals surface area contributed by atoms with Gasteiger partial charge in [-0.15, -0.1) is 11.3 Å². The van der Waals surface area contributed by atoms with Crippen LogP contribution >= 0.6 is 34.5 Å². The molecule has 0 bridgehead atoms. The number of H-pyrrole nitrogens is 1. The number of anilines is 1. The summed E-state index contributed by atoms with van der Waals surface area (Å²) in [6.07, 6.45) is -1.04. The van der Waals surface area contributed by atoms with Gasteiger partial charge in [0.2, 0.25) is 0 Å². The number of thiazole rings is 1. The number of imidazole rings is 1. The van der Waals surface area contributed by atoms with Crippen molar-refractivity contribution in [1.82, 2.24) is 15.0 Å². The van der Waals surface area contributed by atoms with E-state index < -0.39 is 18.0 Å². The third kappa shape index (κ3) is 5.51. The molecule has 0 fully saturated rings. The van der Waals surface area contributed by atoms with Gasteiger partial charge < -0.3 is 9.72 Å². The van der Waals surface area contributed by atoms with E-state index in [1.807, 2.05) is 31.2 Å². The number of fused-ring (bicyclic) bond motifs is 1. The van der Waals surface area contributed by atoms with E-state index in [0.717, 1.165) is 22.2 Å². The van der Waals surface area contributed by atoms with Crippen LogP contribution in [0.15, 0.2) is 66.0 Å². The SMILES string of the molecule is Cc1ccc(-c2nc3ccc(C(=O)OC(C)C(=O)Nc4nc(-c5ccc(Cl)c(Cl)c5)cs4)cc3[nH]2)cc1. The van der Waals surface area contributed by atoms with E-state index >= 15 is 0 Å². The molecule has 0 aliphatic rings. The number of aryl methyl sites for hydroxylation is 1. The minimum atomic E-state index is -1.04. The summed E-state index contributed by atoms with van der Waals surface area (Å²) in [6.45, 7) is 3.53. The Hall–Kier alpha value is -3.72. The summed E-state index contributed by atoms with van der Waals surface area (Å²) in [4.78, 5) is 37.6. The van der Waals surface area contributed by atoms with Crippen LogP contribution in [0, 0.1) is 6.92 Å². The Bertz CT molecular complexity index is 1630. The topological polar surface area (TPSA) is 97.0 Å². The summed E-state index contributed by atoms with van der Waals surface area (Å²) < 4.78 is 5.40. The molecule has 2 N–H and O–H groups in total. The highest BCUT2D eigenvalue weighted by atomic mass is 35.5. The number of hydrogen-bond acceptors (Lipinski definition) is 6. The first kappa shape index (κ1) is 25.0. The van der Waals surface area contributed by atoms with Crippen molar-refractivity contribution in [1.29, 1.82) is 0 Å². The van der Waals surface area contributed by atoms with Crippen LogP contribution in [0.25, 0.3) is 33.7 Å². The highest BCUT2D eigenvalue weighted by Gasteiger charge is 2.21. The fourth-order valence-electron chi connectivity index (χ4n) is 3.59. The third-order valence-electron chi connectivity index (χ3n) is 5.65. The van der Waals surface area contributed by atoms with E-state index in [9.17, 15) is 9.59 Å². The molecule has 5 aromatic rings. The summed E-state index contributed by atoms with van der Waals surface area (Å²) in [5, 5.41) is 5.71. The number of aromatic amines is 1. The number of nitrogens with zero attached hydrogens (tertiary/aromatic N) is 2. The molecule has 5 rings (SSSR count). The van der Waals surface area contributed by atoms with Crippen LogP contribution in [0.1, 0.15) is 22.8 Å². The van der Waals surface area contributed by atoms with Crippen molar-refractivity contribution < 1.29 is 14.3 Å². The summed E-state index contributed by atoms with van der Waals surface area (Å²) in [6, 6.07) is 18.2. The van der Waals surface area contributed by atoms with Crippen molar-refractivity contribution in [3.05, 3.63) is 87.2 Å². The van der Waals surface area contributed by atoms with E-state index in [1.165, 1.54) is 18.3 Å². The number of nitrogens with one attached hydrogen (secondary N) is 2. The second kappa shape index (κ2) is 10.3. The summed E-state index contributed by atoms with van der Waals surface area (Å²) in [5.74, 6) is -0.406. The van der Waals surface area contributed by atoms with Gasteiger partial charge in [0.1, 0.15) is 5.82 Å². The van der Waals surface area contributed by atoms with Crippen LogP contribution < -0.4 is 5.32 Å². The highest BCUT2D eigenvalue weighted by molar-refractivity contribution is 7.14. The Kier molecular flexibility index (Phi) is 6.97. The van der Waals surface area contributed by atoms with Crippen LogP contribution in [-0.4, -0.2) is 32.9 Å². The lowest BCUT2D eigenvalue weighted by atomic mass is 10.1. The van der Waals surface area contributed by atoms with Crippen LogP contribution in [-0.2, 0) is 9.53 Å². The molecule has 0 saturated carbocycles. The molecule has 0 aliphatic carbocycles. The number of halogens is 2.